The van der Waals surface area contributed by atoms with E-state index in [0.717, 1.165) is 11.7 Å². The summed E-state index contributed by atoms with van der Waals surface area (Å²) >= 11 is 1.99. The Morgan fingerprint density at radius 1 is 1.23 bits per heavy atom. The van der Waals surface area contributed by atoms with Gasteiger partial charge in [-0.15, -0.1) is 0 Å². The molecule has 0 spiro atoms. The lowest BCUT2D eigenvalue weighted by Gasteiger charge is -2.26. The van der Waals surface area contributed by atoms with Gasteiger partial charge in [0.05, 0.1) is 0 Å². The predicted molar refractivity (Wildman–Crippen MR) is 64.2 cm³/mol. The van der Waals surface area contributed by atoms with Crippen molar-refractivity contribution in [2.75, 3.05) is 11.5 Å². The topological polar surface area (TPSA) is 26.0 Å². The highest BCUT2D eigenvalue weighted by molar-refractivity contribution is 7.99. The van der Waals surface area contributed by atoms with E-state index in [1.54, 1.807) is 0 Å². The molecule has 0 saturated carbocycles. The molecule has 0 rings (SSSR count). The zero-order chi connectivity index (χ0) is 10.5. The highest BCUT2D eigenvalue weighted by Gasteiger charge is 2.19. The normalized spacial score (nSPS) is 15.0. The van der Waals surface area contributed by atoms with Crippen LogP contribution in [0.1, 0.15) is 41.0 Å². The minimum Gasteiger partial charge on any atom is -0.326 e. The largest absolute Gasteiger partial charge is 0.326 e. The van der Waals surface area contributed by atoms with Gasteiger partial charge in [0.25, 0.3) is 0 Å². The maximum Gasteiger partial charge on any atom is 0.0179 e. The SMILES string of the molecule is CC(C)CCSCC(N)C(C)(C)C. The third kappa shape index (κ3) is 7.39. The van der Waals surface area contributed by atoms with Crippen molar-refractivity contribution in [3.05, 3.63) is 0 Å². The van der Waals surface area contributed by atoms with Gasteiger partial charge in [0.15, 0.2) is 0 Å². The number of rotatable bonds is 5. The highest BCUT2D eigenvalue weighted by atomic mass is 32.2. The standard InChI is InChI=1S/C11H25NS/c1-9(2)6-7-13-8-10(12)11(3,4)5/h9-10H,6-8,12H2,1-5H3. The Hall–Kier alpha value is 0.310. The second-order valence-corrected chi connectivity index (χ2v) is 6.38. The molecular formula is C11H25NS. The van der Waals surface area contributed by atoms with E-state index in [0.29, 0.717) is 6.04 Å². The van der Waals surface area contributed by atoms with Crippen LogP contribution in [-0.2, 0) is 0 Å². The van der Waals surface area contributed by atoms with E-state index in [9.17, 15) is 0 Å². The fourth-order valence-corrected chi connectivity index (χ4v) is 2.34. The van der Waals surface area contributed by atoms with Crippen molar-refractivity contribution >= 4 is 11.8 Å². The highest BCUT2D eigenvalue weighted by Crippen LogP contribution is 2.21. The molecule has 0 aliphatic carbocycles. The number of thioether (sulfide) groups is 1. The number of hydrogen-bond donors (Lipinski definition) is 1. The third-order valence-corrected chi connectivity index (χ3v) is 3.37. The van der Waals surface area contributed by atoms with Gasteiger partial charge in [-0.1, -0.05) is 34.6 Å². The molecule has 0 heterocycles. The molecule has 0 aromatic carbocycles. The van der Waals surface area contributed by atoms with Gasteiger partial charge in [0, 0.05) is 11.8 Å². The first-order chi connectivity index (χ1) is 5.84. The predicted octanol–water partition coefficient (Wildman–Crippen LogP) is 3.14. The van der Waals surface area contributed by atoms with Crippen molar-refractivity contribution in [3.8, 4) is 0 Å². The molecule has 1 unspecified atom stereocenters. The quantitative estimate of drug-likeness (QED) is 0.695. The molecule has 0 saturated heterocycles. The summed E-state index contributed by atoms with van der Waals surface area (Å²) in [5, 5.41) is 0. The molecule has 2 heteroatoms. The molecule has 80 valence electrons. The van der Waals surface area contributed by atoms with Crippen molar-refractivity contribution in [2.24, 2.45) is 17.1 Å². The molecule has 0 aromatic rings. The third-order valence-electron chi connectivity index (χ3n) is 2.25. The van der Waals surface area contributed by atoms with E-state index in [1.807, 2.05) is 11.8 Å². The Balaban J connectivity index is 3.43. The smallest absolute Gasteiger partial charge is 0.0179 e. The minimum atomic E-state index is 0.255. The lowest BCUT2D eigenvalue weighted by molar-refractivity contribution is 0.344. The van der Waals surface area contributed by atoms with Gasteiger partial charge in [-0.2, -0.15) is 11.8 Å². The fourth-order valence-electron chi connectivity index (χ4n) is 0.779. The zero-order valence-corrected chi connectivity index (χ0v) is 10.6. The first-order valence-corrected chi connectivity index (χ1v) is 6.33. The van der Waals surface area contributed by atoms with Crippen LogP contribution in [0.4, 0.5) is 0 Å². The van der Waals surface area contributed by atoms with E-state index < -0.39 is 0 Å². The molecule has 0 aliphatic rings. The Morgan fingerprint density at radius 3 is 2.15 bits per heavy atom. The Bertz CT molecular complexity index is 127. The molecule has 1 nitrogen and oxygen atoms in total. The van der Waals surface area contributed by atoms with Crippen molar-refractivity contribution in [1.82, 2.24) is 0 Å². The Kier molecular flexibility index (Phi) is 6.06. The summed E-state index contributed by atoms with van der Waals surface area (Å²) in [4.78, 5) is 0. The van der Waals surface area contributed by atoms with Gasteiger partial charge in [-0.05, 0) is 23.5 Å². The summed E-state index contributed by atoms with van der Waals surface area (Å²) in [7, 11) is 0. The lowest BCUT2D eigenvalue weighted by atomic mass is 9.89. The zero-order valence-electron chi connectivity index (χ0n) is 9.76. The summed E-state index contributed by atoms with van der Waals surface area (Å²) in [6.07, 6.45) is 1.31. The molecule has 0 fully saturated rings. The number of nitrogens with two attached hydrogens (primary N) is 1. The van der Waals surface area contributed by atoms with Crippen LogP contribution < -0.4 is 5.73 Å². The van der Waals surface area contributed by atoms with E-state index >= 15 is 0 Å². The maximum atomic E-state index is 6.05. The van der Waals surface area contributed by atoms with Gasteiger partial charge >= 0.3 is 0 Å². The van der Waals surface area contributed by atoms with Gasteiger partial charge < -0.3 is 5.73 Å². The van der Waals surface area contributed by atoms with Crippen LogP contribution in [0.25, 0.3) is 0 Å². The molecule has 0 bridgehead atoms. The van der Waals surface area contributed by atoms with E-state index in [4.69, 9.17) is 5.73 Å². The van der Waals surface area contributed by atoms with Crippen LogP contribution in [0.3, 0.4) is 0 Å². The van der Waals surface area contributed by atoms with Crippen molar-refractivity contribution in [3.63, 3.8) is 0 Å². The van der Waals surface area contributed by atoms with E-state index in [-0.39, 0.29) is 5.41 Å². The average molecular weight is 203 g/mol. The maximum absolute atomic E-state index is 6.05. The first kappa shape index (κ1) is 13.3. The summed E-state index contributed by atoms with van der Waals surface area (Å²) in [5.41, 5.74) is 6.30. The second-order valence-electron chi connectivity index (χ2n) is 5.23. The van der Waals surface area contributed by atoms with Crippen molar-refractivity contribution < 1.29 is 0 Å². The summed E-state index contributed by atoms with van der Waals surface area (Å²) in [6, 6.07) is 0.324. The Morgan fingerprint density at radius 2 is 1.77 bits per heavy atom. The molecule has 13 heavy (non-hydrogen) atoms. The molecule has 0 amide bonds. The summed E-state index contributed by atoms with van der Waals surface area (Å²) in [6.45, 7) is 11.2. The van der Waals surface area contributed by atoms with Crippen molar-refractivity contribution in [2.45, 2.75) is 47.1 Å². The molecule has 0 aromatic heterocycles. The first-order valence-electron chi connectivity index (χ1n) is 5.17. The van der Waals surface area contributed by atoms with E-state index in [1.165, 1.54) is 12.2 Å². The van der Waals surface area contributed by atoms with Crippen LogP contribution in [-0.4, -0.2) is 17.5 Å². The minimum absolute atomic E-state index is 0.255. The van der Waals surface area contributed by atoms with Crippen LogP contribution in [0.5, 0.6) is 0 Å². The fraction of sp³-hybridized carbons (Fsp3) is 1.00. The van der Waals surface area contributed by atoms with Crippen LogP contribution in [0.2, 0.25) is 0 Å². The summed E-state index contributed by atoms with van der Waals surface area (Å²) < 4.78 is 0. The van der Waals surface area contributed by atoms with Gasteiger partial charge in [0.1, 0.15) is 0 Å². The number of hydrogen-bond acceptors (Lipinski definition) is 2. The molecule has 0 radical (unpaired) electrons. The summed E-state index contributed by atoms with van der Waals surface area (Å²) in [5.74, 6) is 3.16. The van der Waals surface area contributed by atoms with Crippen LogP contribution in [0.15, 0.2) is 0 Å². The molecular weight excluding hydrogens is 178 g/mol. The van der Waals surface area contributed by atoms with Crippen LogP contribution in [0, 0.1) is 11.3 Å². The van der Waals surface area contributed by atoms with E-state index in [2.05, 4.69) is 34.6 Å². The van der Waals surface area contributed by atoms with Gasteiger partial charge in [-0.3, -0.25) is 0 Å². The second kappa shape index (κ2) is 5.92. The molecule has 0 aliphatic heterocycles. The van der Waals surface area contributed by atoms with Gasteiger partial charge in [0.2, 0.25) is 0 Å². The Labute approximate surface area is 87.9 Å². The lowest BCUT2D eigenvalue weighted by Crippen LogP contribution is -2.37. The molecule has 2 N–H and O–H groups in total. The molecule has 1 atom stereocenters. The van der Waals surface area contributed by atoms with Crippen molar-refractivity contribution in [1.29, 1.82) is 0 Å². The van der Waals surface area contributed by atoms with Gasteiger partial charge in [-0.25, -0.2) is 0 Å². The average Bonchev–Trinajstić information content (AvgIpc) is 1.95. The van der Waals surface area contributed by atoms with Crippen LogP contribution >= 0.6 is 11.8 Å². The monoisotopic (exact) mass is 203 g/mol.